The summed E-state index contributed by atoms with van der Waals surface area (Å²) >= 11 is 0. The molecule has 3 heteroatoms. The molecule has 0 rings (SSSR count). The molecule has 23 heavy (non-hydrogen) atoms. The van der Waals surface area contributed by atoms with Crippen molar-refractivity contribution in [1.29, 1.82) is 0 Å². The van der Waals surface area contributed by atoms with Gasteiger partial charge in [-0.3, -0.25) is 10.1 Å². The molecular weight excluding hydrogens is 286 g/mol. The predicted octanol–water partition coefficient (Wildman–Crippen LogP) is 7.30. The number of nitro groups is 1. The molecule has 0 heterocycles. The van der Waals surface area contributed by atoms with E-state index in [1.165, 1.54) is 83.5 Å². The van der Waals surface area contributed by atoms with Crippen LogP contribution in [0.1, 0.15) is 123 Å². The molecule has 138 valence electrons. The minimum Gasteiger partial charge on any atom is -0.264 e. The van der Waals surface area contributed by atoms with E-state index in [2.05, 4.69) is 6.92 Å². The molecular formula is C20H41NO2. The van der Waals surface area contributed by atoms with E-state index in [1.807, 2.05) is 6.92 Å². The maximum absolute atomic E-state index is 10.9. The molecule has 3 nitrogen and oxygen atoms in total. The fourth-order valence-corrected chi connectivity index (χ4v) is 3.26. The number of nitrogens with zero attached hydrogens (tertiary/aromatic N) is 1. The Bertz CT molecular complexity index is 256. The van der Waals surface area contributed by atoms with Crippen molar-refractivity contribution in [3.63, 3.8) is 0 Å². The Morgan fingerprint density at radius 1 is 0.609 bits per heavy atom. The van der Waals surface area contributed by atoms with Gasteiger partial charge in [0.2, 0.25) is 6.04 Å². The summed E-state index contributed by atoms with van der Waals surface area (Å²) in [6, 6.07) is -0.294. The van der Waals surface area contributed by atoms with Crippen molar-refractivity contribution in [2.45, 2.75) is 129 Å². The number of unbranched alkanes of at least 4 members (excludes halogenated alkanes) is 13. The summed E-state index contributed by atoms with van der Waals surface area (Å²) in [6.07, 6.45) is 21.2. The second kappa shape index (κ2) is 17.7. The average molecular weight is 328 g/mol. The second-order valence-corrected chi connectivity index (χ2v) is 7.11. The van der Waals surface area contributed by atoms with Crippen molar-refractivity contribution in [3.05, 3.63) is 10.1 Å². The third kappa shape index (κ3) is 16.1. The Hall–Kier alpha value is -0.600. The first-order valence-electron chi connectivity index (χ1n) is 10.4. The maximum atomic E-state index is 10.9. The van der Waals surface area contributed by atoms with E-state index < -0.39 is 0 Å². The van der Waals surface area contributed by atoms with Gasteiger partial charge in [0.15, 0.2) is 0 Å². The molecule has 0 spiro atoms. The summed E-state index contributed by atoms with van der Waals surface area (Å²) < 4.78 is 0. The van der Waals surface area contributed by atoms with E-state index in [1.54, 1.807) is 0 Å². The molecule has 0 saturated carbocycles. The van der Waals surface area contributed by atoms with Crippen LogP contribution in [0, 0.1) is 10.1 Å². The average Bonchev–Trinajstić information content (AvgIpc) is 2.54. The van der Waals surface area contributed by atoms with Gasteiger partial charge < -0.3 is 0 Å². The predicted molar refractivity (Wildman–Crippen MR) is 101 cm³/mol. The first-order chi connectivity index (χ1) is 11.2. The standard InChI is InChI=1S/C20H41NO2/c1-3-5-6-7-8-9-10-11-12-13-14-15-16-17-19-20(18-4-2)21(22)23/h20H,3-19H2,1-2H3. The van der Waals surface area contributed by atoms with E-state index in [-0.39, 0.29) is 11.0 Å². The molecule has 0 bridgehead atoms. The summed E-state index contributed by atoms with van der Waals surface area (Å²) in [7, 11) is 0. The van der Waals surface area contributed by atoms with Crippen LogP contribution in [-0.2, 0) is 0 Å². The molecule has 0 N–H and O–H groups in total. The molecule has 0 aromatic rings. The highest BCUT2D eigenvalue weighted by Crippen LogP contribution is 2.15. The number of hydrogen-bond donors (Lipinski definition) is 0. The minimum atomic E-state index is -0.294. The van der Waals surface area contributed by atoms with E-state index in [9.17, 15) is 10.1 Å². The lowest BCUT2D eigenvalue weighted by atomic mass is 10.0. The van der Waals surface area contributed by atoms with Crippen LogP contribution < -0.4 is 0 Å². The van der Waals surface area contributed by atoms with Gasteiger partial charge in [-0.15, -0.1) is 0 Å². The largest absolute Gasteiger partial charge is 0.264 e. The van der Waals surface area contributed by atoms with E-state index in [4.69, 9.17) is 0 Å². The van der Waals surface area contributed by atoms with Gasteiger partial charge in [0, 0.05) is 17.8 Å². The molecule has 1 atom stereocenters. The Morgan fingerprint density at radius 2 is 1.00 bits per heavy atom. The topological polar surface area (TPSA) is 43.1 Å². The van der Waals surface area contributed by atoms with E-state index in [0.717, 1.165) is 25.7 Å². The molecule has 0 radical (unpaired) electrons. The third-order valence-electron chi connectivity index (χ3n) is 4.81. The van der Waals surface area contributed by atoms with Crippen molar-refractivity contribution in [1.82, 2.24) is 0 Å². The van der Waals surface area contributed by atoms with Crippen molar-refractivity contribution >= 4 is 0 Å². The van der Waals surface area contributed by atoms with Crippen LogP contribution in [0.3, 0.4) is 0 Å². The Morgan fingerprint density at radius 3 is 1.35 bits per heavy atom. The highest BCUT2D eigenvalue weighted by Gasteiger charge is 2.17. The zero-order chi connectivity index (χ0) is 17.2. The van der Waals surface area contributed by atoms with Gasteiger partial charge in [-0.05, 0) is 12.8 Å². The van der Waals surface area contributed by atoms with Gasteiger partial charge in [-0.25, -0.2) is 0 Å². The van der Waals surface area contributed by atoms with Crippen LogP contribution in [0.2, 0.25) is 0 Å². The Balaban J connectivity index is 3.20. The van der Waals surface area contributed by atoms with Crippen molar-refractivity contribution in [3.8, 4) is 0 Å². The normalized spacial score (nSPS) is 12.4. The molecule has 0 amide bonds. The lowest BCUT2D eigenvalue weighted by Gasteiger charge is -2.08. The zero-order valence-corrected chi connectivity index (χ0v) is 15.9. The van der Waals surface area contributed by atoms with Gasteiger partial charge in [-0.2, -0.15) is 0 Å². The van der Waals surface area contributed by atoms with Crippen LogP contribution in [0.4, 0.5) is 0 Å². The SMILES string of the molecule is CCCCCCCCCCCCCCCCC(CCC)[N+](=O)[O-]. The zero-order valence-electron chi connectivity index (χ0n) is 15.9. The molecule has 0 aliphatic heterocycles. The molecule has 0 fully saturated rings. The number of rotatable bonds is 18. The van der Waals surface area contributed by atoms with Gasteiger partial charge in [0.1, 0.15) is 0 Å². The first kappa shape index (κ1) is 22.4. The minimum absolute atomic E-state index is 0.0776. The maximum Gasteiger partial charge on any atom is 0.213 e. The smallest absolute Gasteiger partial charge is 0.213 e. The van der Waals surface area contributed by atoms with Gasteiger partial charge in [0.05, 0.1) is 0 Å². The quantitative estimate of drug-likeness (QED) is 0.150. The summed E-state index contributed by atoms with van der Waals surface area (Å²) in [5.74, 6) is 0. The lowest BCUT2D eigenvalue weighted by molar-refractivity contribution is -0.524. The Kier molecular flexibility index (Phi) is 17.3. The van der Waals surface area contributed by atoms with Crippen LogP contribution in [0.25, 0.3) is 0 Å². The Labute approximate surface area is 144 Å². The van der Waals surface area contributed by atoms with E-state index in [0.29, 0.717) is 0 Å². The molecule has 0 saturated heterocycles. The van der Waals surface area contributed by atoms with Gasteiger partial charge in [-0.1, -0.05) is 97.3 Å². The van der Waals surface area contributed by atoms with Gasteiger partial charge in [0.25, 0.3) is 0 Å². The highest BCUT2D eigenvalue weighted by atomic mass is 16.6. The van der Waals surface area contributed by atoms with Crippen LogP contribution in [-0.4, -0.2) is 11.0 Å². The summed E-state index contributed by atoms with van der Waals surface area (Å²) in [5, 5.41) is 10.9. The molecule has 0 aliphatic rings. The van der Waals surface area contributed by atoms with E-state index >= 15 is 0 Å². The lowest BCUT2D eigenvalue weighted by Crippen LogP contribution is -2.18. The monoisotopic (exact) mass is 327 g/mol. The van der Waals surface area contributed by atoms with Gasteiger partial charge >= 0.3 is 0 Å². The number of hydrogen-bond acceptors (Lipinski definition) is 2. The van der Waals surface area contributed by atoms with Crippen molar-refractivity contribution < 1.29 is 4.92 Å². The fourth-order valence-electron chi connectivity index (χ4n) is 3.26. The highest BCUT2D eigenvalue weighted by molar-refractivity contribution is 4.57. The summed E-state index contributed by atoms with van der Waals surface area (Å²) in [5.41, 5.74) is 0. The van der Waals surface area contributed by atoms with Crippen LogP contribution in [0.15, 0.2) is 0 Å². The van der Waals surface area contributed by atoms with Crippen LogP contribution in [0.5, 0.6) is 0 Å². The summed E-state index contributed by atoms with van der Waals surface area (Å²) in [4.78, 5) is 10.8. The van der Waals surface area contributed by atoms with Crippen molar-refractivity contribution in [2.24, 2.45) is 0 Å². The molecule has 0 aromatic heterocycles. The fraction of sp³-hybridized carbons (Fsp3) is 1.00. The van der Waals surface area contributed by atoms with Crippen molar-refractivity contribution in [2.75, 3.05) is 0 Å². The molecule has 1 unspecified atom stereocenters. The van der Waals surface area contributed by atoms with Crippen LogP contribution >= 0.6 is 0 Å². The molecule has 0 aliphatic carbocycles. The first-order valence-corrected chi connectivity index (χ1v) is 10.4. The second-order valence-electron chi connectivity index (χ2n) is 7.11. The third-order valence-corrected chi connectivity index (χ3v) is 4.81. The summed E-state index contributed by atoms with van der Waals surface area (Å²) in [6.45, 7) is 4.30. The molecule has 0 aromatic carbocycles.